The van der Waals surface area contributed by atoms with E-state index in [1.807, 2.05) is 37.5 Å². The second kappa shape index (κ2) is 9.72. The highest BCUT2D eigenvalue weighted by Crippen LogP contribution is 2.31. The molecular weight excluding hydrogens is 452 g/mol. The number of ether oxygens (including phenoxy) is 2. The highest BCUT2D eigenvalue weighted by atomic mass is 16.6. The van der Waals surface area contributed by atoms with Gasteiger partial charge in [0, 0.05) is 28.4 Å². The number of benzene rings is 2. The molecule has 10 nitrogen and oxygen atoms in total. The summed E-state index contributed by atoms with van der Waals surface area (Å²) in [4.78, 5) is 23.2. The average Bonchev–Trinajstić information content (AvgIpc) is 3.38. The van der Waals surface area contributed by atoms with Gasteiger partial charge in [0.1, 0.15) is 17.1 Å². The van der Waals surface area contributed by atoms with E-state index >= 15 is 0 Å². The molecule has 4 rings (SSSR count). The minimum absolute atomic E-state index is 0.0581. The molecule has 0 saturated carbocycles. The molecule has 180 valence electrons. The van der Waals surface area contributed by atoms with Crippen molar-refractivity contribution in [2.45, 2.75) is 20.8 Å². The van der Waals surface area contributed by atoms with Crippen LogP contribution in [0.2, 0.25) is 0 Å². The number of nitro groups is 1. The Morgan fingerprint density at radius 2 is 2.00 bits per heavy atom. The lowest BCUT2D eigenvalue weighted by atomic mass is 10.2. The van der Waals surface area contributed by atoms with Crippen molar-refractivity contribution in [3.63, 3.8) is 0 Å². The summed E-state index contributed by atoms with van der Waals surface area (Å²) in [7, 11) is 1.46. The summed E-state index contributed by atoms with van der Waals surface area (Å²) in [6.45, 7) is 6.22. The second-order valence-corrected chi connectivity index (χ2v) is 7.72. The van der Waals surface area contributed by atoms with Crippen LogP contribution in [0.3, 0.4) is 0 Å². The van der Waals surface area contributed by atoms with Crippen molar-refractivity contribution < 1.29 is 23.6 Å². The van der Waals surface area contributed by atoms with Crippen LogP contribution in [0.15, 0.2) is 58.0 Å². The highest BCUT2D eigenvalue weighted by Gasteiger charge is 2.17. The van der Waals surface area contributed by atoms with Gasteiger partial charge in [-0.2, -0.15) is 5.10 Å². The van der Waals surface area contributed by atoms with E-state index < -0.39 is 10.8 Å². The van der Waals surface area contributed by atoms with E-state index in [1.165, 1.54) is 25.5 Å². The van der Waals surface area contributed by atoms with E-state index in [4.69, 9.17) is 13.9 Å². The lowest BCUT2D eigenvalue weighted by Crippen LogP contribution is -2.16. The van der Waals surface area contributed by atoms with E-state index in [2.05, 4.69) is 10.5 Å². The molecule has 0 aliphatic heterocycles. The van der Waals surface area contributed by atoms with E-state index in [1.54, 1.807) is 24.3 Å². The molecular formula is C25H24N4O6. The molecule has 2 aromatic carbocycles. The van der Waals surface area contributed by atoms with Gasteiger partial charge in [-0.3, -0.25) is 14.9 Å². The zero-order chi connectivity index (χ0) is 25.1. The van der Waals surface area contributed by atoms with Gasteiger partial charge in [0.25, 0.3) is 5.69 Å². The first-order valence-electron chi connectivity index (χ1n) is 10.8. The van der Waals surface area contributed by atoms with Crippen molar-refractivity contribution in [1.29, 1.82) is 0 Å². The molecule has 0 aliphatic carbocycles. The third-order valence-electron chi connectivity index (χ3n) is 5.48. The molecule has 0 saturated heterocycles. The maximum Gasteiger partial charge on any atom is 0.307 e. The summed E-state index contributed by atoms with van der Waals surface area (Å²) in [5, 5.41) is 15.9. The number of aryl methyl sites for hydroxylation is 1. The second-order valence-electron chi connectivity index (χ2n) is 7.72. The minimum atomic E-state index is -0.485. The predicted octanol–water partition coefficient (Wildman–Crippen LogP) is 4.92. The number of fused-ring (bicyclic) bond motifs is 1. The molecule has 0 bridgehead atoms. The summed E-state index contributed by atoms with van der Waals surface area (Å²) >= 11 is 0. The van der Waals surface area contributed by atoms with Crippen LogP contribution in [0.25, 0.3) is 16.7 Å². The number of nitro benzene ring substituents is 1. The van der Waals surface area contributed by atoms with E-state index in [-0.39, 0.29) is 11.4 Å². The highest BCUT2D eigenvalue weighted by molar-refractivity contribution is 5.97. The van der Waals surface area contributed by atoms with Gasteiger partial charge in [0.15, 0.2) is 5.76 Å². The minimum Gasteiger partial charge on any atom is -0.494 e. The largest absolute Gasteiger partial charge is 0.494 e. The van der Waals surface area contributed by atoms with Gasteiger partial charge in [-0.25, -0.2) is 5.43 Å². The molecule has 35 heavy (non-hydrogen) atoms. The standard InChI is InChI=1S/C25H24N4O6/c1-5-34-20-7-9-22-17(11-20)12-24(35-22)25(30)27-26-14-18-10-15(2)28(16(18)3)21-8-6-19(29(31)32)13-23(21)33-4/h6-14H,5H2,1-4H3,(H,27,30)/b26-14+. The molecule has 0 fully saturated rings. The number of hydrogen-bond acceptors (Lipinski definition) is 7. The Morgan fingerprint density at radius 3 is 2.71 bits per heavy atom. The number of amides is 1. The summed E-state index contributed by atoms with van der Waals surface area (Å²) in [5.41, 5.74) is 6.10. The SMILES string of the molecule is CCOc1ccc2oc(C(=O)N/N=C/c3cc(C)n(-c4ccc([N+](=O)[O-])cc4OC)c3C)cc2c1. The number of furan rings is 1. The number of aromatic nitrogens is 1. The molecule has 0 spiro atoms. The number of methoxy groups -OCH3 is 1. The molecule has 0 atom stereocenters. The molecule has 1 amide bonds. The summed E-state index contributed by atoms with van der Waals surface area (Å²) in [6.07, 6.45) is 1.53. The number of hydrogen-bond donors (Lipinski definition) is 1. The van der Waals surface area contributed by atoms with Crippen molar-refractivity contribution in [1.82, 2.24) is 9.99 Å². The number of carbonyl (C=O) groups is 1. The number of nitrogens with one attached hydrogen (secondary N) is 1. The van der Waals surface area contributed by atoms with Crippen LogP contribution in [0.5, 0.6) is 11.5 Å². The maximum absolute atomic E-state index is 12.5. The van der Waals surface area contributed by atoms with Crippen molar-refractivity contribution in [3.05, 3.63) is 81.4 Å². The molecule has 10 heteroatoms. The quantitative estimate of drug-likeness (QED) is 0.219. The van der Waals surface area contributed by atoms with Crippen molar-refractivity contribution in [3.8, 4) is 17.2 Å². The van der Waals surface area contributed by atoms with E-state index in [0.717, 1.165) is 22.3 Å². The lowest BCUT2D eigenvalue weighted by molar-refractivity contribution is -0.384. The van der Waals surface area contributed by atoms with Gasteiger partial charge in [0.05, 0.1) is 36.6 Å². The number of rotatable bonds is 8. The van der Waals surface area contributed by atoms with Crippen LogP contribution in [0, 0.1) is 24.0 Å². The summed E-state index contributed by atoms with van der Waals surface area (Å²) in [5.74, 6) is 0.717. The monoisotopic (exact) mass is 476 g/mol. The zero-order valence-corrected chi connectivity index (χ0v) is 19.7. The van der Waals surface area contributed by atoms with Gasteiger partial charge in [-0.1, -0.05) is 0 Å². The zero-order valence-electron chi connectivity index (χ0n) is 19.7. The molecule has 1 N–H and O–H groups in total. The Morgan fingerprint density at radius 1 is 1.20 bits per heavy atom. The van der Waals surface area contributed by atoms with Gasteiger partial charge < -0.3 is 18.5 Å². The number of nitrogens with zero attached hydrogens (tertiary/aromatic N) is 3. The lowest BCUT2D eigenvalue weighted by Gasteiger charge is -2.13. The summed E-state index contributed by atoms with van der Waals surface area (Å²) in [6, 6.07) is 13.3. The molecule has 0 radical (unpaired) electrons. The van der Waals surface area contributed by atoms with Gasteiger partial charge in [-0.05, 0) is 57.2 Å². The van der Waals surface area contributed by atoms with Crippen LogP contribution in [0.4, 0.5) is 5.69 Å². The van der Waals surface area contributed by atoms with Gasteiger partial charge >= 0.3 is 5.91 Å². The normalized spacial score (nSPS) is 11.2. The third kappa shape index (κ3) is 4.72. The Labute approximate surface area is 200 Å². The number of carbonyl (C=O) groups excluding carboxylic acids is 1. The van der Waals surface area contributed by atoms with E-state index in [9.17, 15) is 14.9 Å². The van der Waals surface area contributed by atoms with Gasteiger partial charge in [0.2, 0.25) is 0 Å². The fraction of sp³-hybridized carbons (Fsp3) is 0.200. The number of hydrazone groups is 1. The first kappa shape index (κ1) is 23.6. The first-order valence-corrected chi connectivity index (χ1v) is 10.8. The van der Waals surface area contributed by atoms with Crippen molar-refractivity contribution in [2.75, 3.05) is 13.7 Å². The van der Waals surface area contributed by atoms with Crippen LogP contribution in [-0.4, -0.2) is 35.3 Å². The third-order valence-corrected chi connectivity index (χ3v) is 5.48. The van der Waals surface area contributed by atoms with Crippen LogP contribution in [-0.2, 0) is 0 Å². The fourth-order valence-electron chi connectivity index (χ4n) is 3.86. The Kier molecular flexibility index (Phi) is 6.54. The van der Waals surface area contributed by atoms with Crippen molar-refractivity contribution >= 4 is 28.8 Å². The van der Waals surface area contributed by atoms with E-state index in [0.29, 0.717) is 29.4 Å². The molecule has 4 aromatic rings. The smallest absolute Gasteiger partial charge is 0.307 e. The topological polar surface area (TPSA) is 121 Å². The maximum atomic E-state index is 12.5. The van der Waals surface area contributed by atoms with Gasteiger partial charge in [-0.15, -0.1) is 0 Å². The van der Waals surface area contributed by atoms with Crippen LogP contribution >= 0.6 is 0 Å². The van der Waals surface area contributed by atoms with Crippen LogP contribution < -0.4 is 14.9 Å². The first-order chi connectivity index (χ1) is 16.8. The van der Waals surface area contributed by atoms with Crippen molar-refractivity contribution in [2.24, 2.45) is 5.10 Å². The molecule has 2 heterocycles. The molecule has 0 aliphatic rings. The average molecular weight is 476 g/mol. The summed E-state index contributed by atoms with van der Waals surface area (Å²) < 4.78 is 18.4. The fourth-order valence-corrected chi connectivity index (χ4v) is 3.86. The number of non-ortho nitro benzene ring substituents is 1. The molecule has 0 unspecified atom stereocenters. The Hall–Kier alpha value is -4.60. The van der Waals surface area contributed by atoms with Crippen LogP contribution in [0.1, 0.15) is 34.4 Å². The Balaban J connectivity index is 1.54. The Bertz CT molecular complexity index is 1450. The predicted molar refractivity (Wildman–Crippen MR) is 131 cm³/mol. The molecule has 2 aromatic heterocycles.